The molecule has 1 amide bonds. The Morgan fingerprint density at radius 2 is 1.81 bits per heavy atom. The topological polar surface area (TPSA) is 55.6 Å². The predicted octanol–water partition coefficient (Wildman–Crippen LogP) is 3.61. The van der Waals surface area contributed by atoms with Crippen molar-refractivity contribution < 1.29 is 13.9 Å². The lowest BCUT2D eigenvalue weighted by Gasteiger charge is -2.17. The van der Waals surface area contributed by atoms with Crippen LogP contribution in [0.1, 0.15) is 24.3 Å². The van der Waals surface area contributed by atoms with Gasteiger partial charge < -0.3 is 15.4 Å². The van der Waals surface area contributed by atoms with Crippen molar-refractivity contribution >= 4 is 18.3 Å². The van der Waals surface area contributed by atoms with Gasteiger partial charge in [-0.1, -0.05) is 30.3 Å². The van der Waals surface area contributed by atoms with Crippen LogP contribution in [0.5, 0.6) is 5.75 Å². The average molecular weight is 393 g/mol. The van der Waals surface area contributed by atoms with Gasteiger partial charge in [-0.15, -0.1) is 12.4 Å². The van der Waals surface area contributed by atoms with E-state index in [4.69, 9.17) is 10.5 Å². The number of hydrogen-bond acceptors (Lipinski definition) is 3. The van der Waals surface area contributed by atoms with Crippen molar-refractivity contribution in [2.45, 2.75) is 18.8 Å². The highest BCUT2D eigenvalue weighted by Gasteiger charge is 2.34. The van der Waals surface area contributed by atoms with E-state index in [0.717, 1.165) is 6.54 Å². The van der Waals surface area contributed by atoms with Crippen LogP contribution in [-0.4, -0.2) is 37.0 Å². The summed E-state index contributed by atoms with van der Waals surface area (Å²) < 4.78 is 18.4. The second-order valence-corrected chi connectivity index (χ2v) is 6.72. The van der Waals surface area contributed by atoms with E-state index < -0.39 is 0 Å². The van der Waals surface area contributed by atoms with Crippen molar-refractivity contribution in [2.24, 2.45) is 11.7 Å². The third kappa shape index (κ3) is 5.68. The van der Waals surface area contributed by atoms with E-state index in [1.54, 1.807) is 12.1 Å². The zero-order chi connectivity index (χ0) is 18.4. The molecule has 0 aromatic heterocycles. The Morgan fingerprint density at radius 1 is 1.11 bits per heavy atom. The van der Waals surface area contributed by atoms with Crippen molar-refractivity contribution in [1.29, 1.82) is 0 Å². The number of nitrogens with zero attached hydrogens (tertiary/aromatic N) is 1. The molecule has 2 aromatic rings. The summed E-state index contributed by atoms with van der Waals surface area (Å²) >= 11 is 0. The number of carbonyl (C=O) groups excluding carboxylic acids is 1. The Bertz CT molecular complexity index is 712. The molecule has 1 aliphatic heterocycles. The first-order valence-corrected chi connectivity index (χ1v) is 9.08. The quantitative estimate of drug-likeness (QED) is 0.732. The van der Waals surface area contributed by atoms with Crippen LogP contribution in [0.25, 0.3) is 0 Å². The fraction of sp³-hybridized carbons (Fsp3) is 0.381. The smallest absolute Gasteiger partial charge is 0.222 e. The first kappa shape index (κ1) is 21.2. The minimum atomic E-state index is -0.288. The van der Waals surface area contributed by atoms with Crippen molar-refractivity contribution in [3.05, 3.63) is 66.0 Å². The summed E-state index contributed by atoms with van der Waals surface area (Å²) in [5.41, 5.74) is 7.18. The Morgan fingerprint density at radius 3 is 2.48 bits per heavy atom. The average Bonchev–Trinajstić information content (AvgIpc) is 3.12. The highest BCUT2D eigenvalue weighted by Crippen LogP contribution is 2.32. The van der Waals surface area contributed by atoms with Crippen LogP contribution in [0.3, 0.4) is 0 Å². The molecule has 0 spiro atoms. The van der Waals surface area contributed by atoms with Crippen LogP contribution in [0.4, 0.5) is 4.39 Å². The second-order valence-electron chi connectivity index (χ2n) is 6.72. The maximum absolute atomic E-state index is 12.9. The minimum absolute atomic E-state index is 0. The Labute approximate surface area is 165 Å². The van der Waals surface area contributed by atoms with Crippen molar-refractivity contribution in [3.8, 4) is 5.75 Å². The van der Waals surface area contributed by atoms with Crippen molar-refractivity contribution in [1.82, 2.24) is 4.90 Å². The second kappa shape index (κ2) is 10.3. The maximum atomic E-state index is 12.9. The SMILES string of the molecule is Cl.NC[C@@H]1CN(C(=O)CCCOc2ccc(F)cc2)C[C@H]1c1ccccc1. The van der Waals surface area contributed by atoms with Crippen molar-refractivity contribution in [3.63, 3.8) is 0 Å². The standard InChI is InChI=1S/C21H25FN2O2.ClH/c22-18-8-10-19(11-9-18)26-12-4-7-21(25)24-14-17(13-23)20(15-24)16-5-2-1-3-6-16;/h1-3,5-6,8-11,17,20H,4,7,12-15,23H2;1H/t17-,20+;/m1./s1. The van der Waals surface area contributed by atoms with Crippen molar-refractivity contribution in [2.75, 3.05) is 26.2 Å². The highest BCUT2D eigenvalue weighted by atomic mass is 35.5. The number of ether oxygens (including phenoxy) is 1. The van der Waals surface area contributed by atoms with Crippen LogP contribution in [0, 0.1) is 11.7 Å². The van der Waals surface area contributed by atoms with E-state index in [2.05, 4.69) is 12.1 Å². The monoisotopic (exact) mass is 392 g/mol. The third-order valence-electron chi connectivity index (χ3n) is 4.94. The van der Waals surface area contributed by atoms with Gasteiger partial charge in [0.15, 0.2) is 0 Å². The Kier molecular flexibility index (Phi) is 8.07. The van der Waals surface area contributed by atoms with Crippen LogP contribution in [-0.2, 0) is 4.79 Å². The summed E-state index contributed by atoms with van der Waals surface area (Å²) in [7, 11) is 0. The largest absolute Gasteiger partial charge is 0.494 e. The van der Waals surface area contributed by atoms with Gasteiger partial charge in [0.2, 0.25) is 5.91 Å². The Hall–Kier alpha value is -2.11. The molecule has 146 valence electrons. The van der Waals surface area contributed by atoms with Crippen LogP contribution in [0.2, 0.25) is 0 Å². The molecule has 27 heavy (non-hydrogen) atoms. The molecule has 0 unspecified atom stereocenters. The van der Waals surface area contributed by atoms with Gasteiger partial charge in [0.25, 0.3) is 0 Å². The fourth-order valence-electron chi connectivity index (χ4n) is 3.49. The molecule has 2 aromatic carbocycles. The Balaban J connectivity index is 0.00000261. The molecule has 1 heterocycles. The molecule has 1 aliphatic rings. The van der Waals surface area contributed by atoms with E-state index in [-0.39, 0.29) is 24.1 Å². The number of amides is 1. The molecule has 0 saturated carbocycles. The number of benzene rings is 2. The summed E-state index contributed by atoms with van der Waals surface area (Å²) in [5, 5.41) is 0. The first-order chi connectivity index (χ1) is 12.7. The van der Waals surface area contributed by atoms with Crippen LogP contribution < -0.4 is 10.5 Å². The van der Waals surface area contributed by atoms with Gasteiger partial charge in [-0.05, 0) is 48.7 Å². The lowest BCUT2D eigenvalue weighted by Crippen LogP contribution is -2.29. The third-order valence-corrected chi connectivity index (χ3v) is 4.94. The summed E-state index contributed by atoms with van der Waals surface area (Å²) in [6, 6.07) is 16.2. The zero-order valence-corrected chi connectivity index (χ0v) is 16.0. The molecule has 2 N–H and O–H groups in total. The lowest BCUT2D eigenvalue weighted by molar-refractivity contribution is -0.130. The van der Waals surface area contributed by atoms with Gasteiger partial charge in [-0.25, -0.2) is 4.39 Å². The summed E-state index contributed by atoms with van der Waals surface area (Å²) in [6.45, 7) is 2.46. The normalized spacial score (nSPS) is 18.8. The molecular weight excluding hydrogens is 367 g/mol. The van der Waals surface area contributed by atoms with E-state index in [0.29, 0.717) is 50.1 Å². The van der Waals surface area contributed by atoms with Crippen LogP contribution >= 0.6 is 12.4 Å². The first-order valence-electron chi connectivity index (χ1n) is 9.08. The lowest BCUT2D eigenvalue weighted by atomic mass is 9.89. The summed E-state index contributed by atoms with van der Waals surface area (Å²) in [6.07, 6.45) is 1.08. The molecule has 6 heteroatoms. The van der Waals surface area contributed by atoms with Gasteiger partial charge >= 0.3 is 0 Å². The molecule has 0 bridgehead atoms. The van der Waals surface area contributed by atoms with E-state index in [9.17, 15) is 9.18 Å². The zero-order valence-electron chi connectivity index (χ0n) is 15.2. The maximum Gasteiger partial charge on any atom is 0.222 e. The molecule has 1 saturated heterocycles. The summed E-state index contributed by atoms with van der Waals surface area (Å²) in [4.78, 5) is 14.4. The molecule has 4 nitrogen and oxygen atoms in total. The van der Waals surface area contributed by atoms with Gasteiger partial charge in [-0.2, -0.15) is 0 Å². The van der Waals surface area contributed by atoms with E-state index in [1.165, 1.54) is 17.7 Å². The highest BCUT2D eigenvalue weighted by molar-refractivity contribution is 5.85. The van der Waals surface area contributed by atoms with E-state index >= 15 is 0 Å². The molecule has 0 radical (unpaired) electrons. The fourth-order valence-corrected chi connectivity index (χ4v) is 3.49. The number of halogens is 2. The van der Waals surface area contributed by atoms with E-state index in [1.807, 2.05) is 23.1 Å². The number of carbonyl (C=O) groups is 1. The number of likely N-dealkylation sites (tertiary alicyclic amines) is 1. The molecule has 2 atom stereocenters. The van der Waals surface area contributed by atoms with Gasteiger partial charge in [0.1, 0.15) is 11.6 Å². The number of rotatable bonds is 7. The molecular formula is C21H26ClFN2O2. The van der Waals surface area contributed by atoms with Gasteiger partial charge in [0.05, 0.1) is 6.61 Å². The van der Waals surface area contributed by atoms with Gasteiger partial charge in [-0.3, -0.25) is 4.79 Å². The van der Waals surface area contributed by atoms with Gasteiger partial charge in [0, 0.05) is 25.4 Å². The minimum Gasteiger partial charge on any atom is -0.494 e. The number of nitrogens with two attached hydrogens (primary N) is 1. The molecule has 3 rings (SSSR count). The molecule has 0 aliphatic carbocycles. The molecule has 1 fully saturated rings. The summed E-state index contributed by atoms with van der Waals surface area (Å²) in [5.74, 6) is 1.08. The number of hydrogen-bond donors (Lipinski definition) is 1. The van der Waals surface area contributed by atoms with Crippen LogP contribution in [0.15, 0.2) is 54.6 Å². The predicted molar refractivity (Wildman–Crippen MR) is 107 cm³/mol.